The SMILES string of the molecule is CNC(=S)NS(=O)(=O)c1cc(CCNC(=O)/C=C/c2ccc(OC)cc2OC)ccc1Oc1ccccc1. The summed E-state index contributed by atoms with van der Waals surface area (Å²) in [5.41, 5.74) is 1.40. The Kier molecular flexibility index (Phi) is 10.1. The van der Waals surface area contributed by atoms with Crippen LogP contribution in [0.2, 0.25) is 0 Å². The number of thiocarbonyl (C=S) groups is 1. The van der Waals surface area contributed by atoms with E-state index in [-0.39, 0.29) is 28.2 Å². The van der Waals surface area contributed by atoms with Crippen LogP contribution in [0.3, 0.4) is 0 Å². The van der Waals surface area contributed by atoms with Crippen LogP contribution in [0.4, 0.5) is 0 Å². The number of sulfonamides is 1. The molecule has 0 saturated carbocycles. The number of nitrogens with one attached hydrogen (secondary N) is 3. The van der Waals surface area contributed by atoms with Crippen LogP contribution in [-0.2, 0) is 21.2 Å². The summed E-state index contributed by atoms with van der Waals surface area (Å²) in [6.07, 6.45) is 3.43. The lowest BCUT2D eigenvalue weighted by Crippen LogP contribution is -2.37. The van der Waals surface area contributed by atoms with Crippen LogP contribution in [0.15, 0.2) is 77.7 Å². The molecule has 0 aliphatic rings. The molecule has 3 aromatic carbocycles. The fraction of sp³-hybridized carbons (Fsp3) is 0.185. The van der Waals surface area contributed by atoms with Crippen LogP contribution in [-0.4, -0.2) is 47.2 Å². The molecule has 0 heterocycles. The average molecular weight is 556 g/mol. The second-order valence-corrected chi connectivity index (χ2v) is 9.92. The summed E-state index contributed by atoms with van der Waals surface area (Å²) in [6, 6.07) is 19.0. The molecule has 0 aliphatic carbocycles. The molecule has 0 saturated heterocycles. The van der Waals surface area contributed by atoms with Crippen molar-refractivity contribution in [3.05, 3.63) is 83.9 Å². The van der Waals surface area contributed by atoms with E-state index < -0.39 is 10.0 Å². The first-order chi connectivity index (χ1) is 18.2. The van der Waals surface area contributed by atoms with Gasteiger partial charge in [-0.1, -0.05) is 24.3 Å². The van der Waals surface area contributed by atoms with E-state index in [0.717, 1.165) is 5.56 Å². The predicted octanol–water partition coefficient (Wildman–Crippen LogP) is 3.65. The molecule has 200 valence electrons. The van der Waals surface area contributed by atoms with Crippen molar-refractivity contribution in [1.82, 2.24) is 15.4 Å². The van der Waals surface area contributed by atoms with Gasteiger partial charge in [-0.2, -0.15) is 0 Å². The molecule has 0 radical (unpaired) electrons. The fourth-order valence-corrected chi connectivity index (χ4v) is 4.82. The van der Waals surface area contributed by atoms with Crippen molar-refractivity contribution in [2.75, 3.05) is 27.8 Å². The molecule has 3 aromatic rings. The number of carbonyl (C=O) groups excluding carboxylic acids is 1. The third-order valence-electron chi connectivity index (χ3n) is 5.29. The molecule has 1 amide bonds. The average Bonchev–Trinajstić information content (AvgIpc) is 2.92. The maximum Gasteiger partial charge on any atom is 0.267 e. The van der Waals surface area contributed by atoms with Gasteiger partial charge in [-0.05, 0) is 66.7 Å². The minimum atomic E-state index is -4.04. The zero-order valence-electron chi connectivity index (χ0n) is 21.2. The third kappa shape index (κ3) is 7.95. The number of hydrogen-bond acceptors (Lipinski definition) is 7. The highest BCUT2D eigenvalue weighted by atomic mass is 32.2. The quantitative estimate of drug-likeness (QED) is 0.243. The van der Waals surface area contributed by atoms with Gasteiger partial charge < -0.3 is 24.8 Å². The van der Waals surface area contributed by atoms with Crippen molar-refractivity contribution >= 4 is 39.3 Å². The second-order valence-electron chi connectivity index (χ2n) is 7.86. The molecule has 0 fully saturated rings. The van der Waals surface area contributed by atoms with E-state index in [1.54, 1.807) is 74.9 Å². The lowest BCUT2D eigenvalue weighted by molar-refractivity contribution is -0.116. The minimum absolute atomic E-state index is 0.0476. The Hall–Kier alpha value is -4.09. The van der Waals surface area contributed by atoms with Crippen molar-refractivity contribution in [1.29, 1.82) is 0 Å². The van der Waals surface area contributed by atoms with Crippen molar-refractivity contribution in [3.63, 3.8) is 0 Å². The molecule has 0 bridgehead atoms. The number of para-hydroxylation sites is 1. The Balaban J connectivity index is 1.71. The van der Waals surface area contributed by atoms with Crippen molar-refractivity contribution < 1.29 is 27.4 Å². The number of rotatable bonds is 11. The largest absolute Gasteiger partial charge is 0.497 e. The van der Waals surface area contributed by atoms with Gasteiger partial charge in [-0.25, -0.2) is 8.42 Å². The van der Waals surface area contributed by atoms with Crippen LogP contribution in [0, 0.1) is 0 Å². The topological polar surface area (TPSA) is 115 Å². The summed E-state index contributed by atoms with van der Waals surface area (Å²) in [7, 11) is 0.587. The fourth-order valence-electron chi connectivity index (χ4n) is 3.36. The van der Waals surface area contributed by atoms with Gasteiger partial charge in [0.1, 0.15) is 27.9 Å². The number of benzene rings is 3. The van der Waals surface area contributed by atoms with Crippen molar-refractivity contribution in [2.45, 2.75) is 11.3 Å². The van der Waals surface area contributed by atoms with Gasteiger partial charge in [-0.3, -0.25) is 9.52 Å². The lowest BCUT2D eigenvalue weighted by Gasteiger charge is -2.15. The third-order valence-corrected chi connectivity index (χ3v) is 7.10. The Morgan fingerprint density at radius 3 is 2.39 bits per heavy atom. The Bertz CT molecular complexity index is 1410. The first-order valence-electron chi connectivity index (χ1n) is 11.5. The molecule has 3 rings (SSSR count). The van der Waals surface area contributed by atoms with Crippen molar-refractivity contribution in [3.8, 4) is 23.0 Å². The molecule has 38 heavy (non-hydrogen) atoms. The molecule has 9 nitrogen and oxygen atoms in total. The van der Waals surface area contributed by atoms with Crippen LogP contribution in [0.5, 0.6) is 23.0 Å². The zero-order chi connectivity index (χ0) is 27.5. The predicted molar refractivity (Wildman–Crippen MR) is 150 cm³/mol. The Morgan fingerprint density at radius 1 is 0.947 bits per heavy atom. The van der Waals surface area contributed by atoms with E-state index in [1.165, 1.54) is 19.2 Å². The highest BCUT2D eigenvalue weighted by molar-refractivity contribution is 7.92. The van der Waals surface area contributed by atoms with Gasteiger partial charge >= 0.3 is 0 Å². The highest BCUT2D eigenvalue weighted by Gasteiger charge is 2.22. The summed E-state index contributed by atoms with van der Waals surface area (Å²) in [4.78, 5) is 12.3. The van der Waals surface area contributed by atoms with Crippen LogP contribution in [0.1, 0.15) is 11.1 Å². The van der Waals surface area contributed by atoms with Crippen molar-refractivity contribution in [2.24, 2.45) is 0 Å². The lowest BCUT2D eigenvalue weighted by atomic mass is 10.1. The smallest absolute Gasteiger partial charge is 0.267 e. The van der Waals surface area contributed by atoms with Gasteiger partial charge in [0, 0.05) is 31.3 Å². The van der Waals surface area contributed by atoms with E-state index >= 15 is 0 Å². The molecule has 3 N–H and O–H groups in total. The number of amides is 1. The molecule has 0 unspecified atom stereocenters. The number of ether oxygens (including phenoxy) is 3. The number of carbonyl (C=O) groups is 1. The summed E-state index contributed by atoms with van der Waals surface area (Å²) in [5, 5.41) is 5.34. The van der Waals surface area contributed by atoms with E-state index in [1.807, 2.05) is 6.07 Å². The molecular weight excluding hydrogens is 526 g/mol. The zero-order valence-corrected chi connectivity index (χ0v) is 22.8. The molecule has 11 heteroatoms. The Labute approximate surface area is 227 Å². The number of methoxy groups -OCH3 is 2. The molecule has 0 spiro atoms. The van der Waals surface area contributed by atoms with Gasteiger partial charge in [0.15, 0.2) is 5.11 Å². The minimum Gasteiger partial charge on any atom is -0.497 e. The van der Waals surface area contributed by atoms with E-state index in [4.69, 9.17) is 26.4 Å². The maximum atomic E-state index is 13.0. The summed E-state index contributed by atoms with van der Waals surface area (Å²) < 4.78 is 44.8. The molecule has 0 atom stereocenters. The molecule has 0 aliphatic heterocycles. The molecular formula is C27H29N3O6S2. The highest BCUT2D eigenvalue weighted by Crippen LogP contribution is 2.30. The molecule has 0 aromatic heterocycles. The van der Waals surface area contributed by atoms with Gasteiger partial charge in [-0.15, -0.1) is 0 Å². The summed E-state index contributed by atoms with van der Waals surface area (Å²) >= 11 is 4.99. The van der Waals surface area contributed by atoms with Crippen LogP contribution in [0.25, 0.3) is 6.08 Å². The van der Waals surface area contributed by atoms with E-state index in [0.29, 0.717) is 29.2 Å². The van der Waals surface area contributed by atoms with Crippen LogP contribution < -0.4 is 29.6 Å². The van der Waals surface area contributed by atoms with Gasteiger partial charge in [0.25, 0.3) is 10.0 Å². The van der Waals surface area contributed by atoms with E-state index in [9.17, 15) is 13.2 Å². The normalized spacial score (nSPS) is 11.0. The first-order valence-corrected chi connectivity index (χ1v) is 13.4. The number of hydrogen-bond donors (Lipinski definition) is 3. The standard InChI is InChI=1S/C27H29N3O6S2/c1-28-27(37)30-38(32,33)25-17-19(9-13-23(25)36-21-7-5-4-6-8-21)15-16-29-26(31)14-11-20-10-12-22(34-2)18-24(20)35-3/h4-14,17-18H,15-16H2,1-3H3,(H,29,31)(H2,28,30,37)/b14-11+. The monoisotopic (exact) mass is 555 g/mol. The Morgan fingerprint density at radius 2 is 1.71 bits per heavy atom. The summed E-state index contributed by atoms with van der Waals surface area (Å²) in [6.45, 7) is 0.281. The van der Waals surface area contributed by atoms with Crippen LogP contribution >= 0.6 is 12.2 Å². The maximum absolute atomic E-state index is 13.0. The van der Waals surface area contributed by atoms with Gasteiger partial charge in [0.2, 0.25) is 5.91 Å². The van der Waals surface area contributed by atoms with Gasteiger partial charge in [0.05, 0.1) is 14.2 Å². The van der Waals surface area contributed by atoms with E-state index in [2.05, 4.69) is 15.4 Å². The second kappa shape index (κ2) is 13.5. The first kappa shape index (κ1) is 28.5. The summed E-state index contributed by atoms with van der Waals surface area (Å²) in [5.74, 6) is 1.55.